The summed E-state index contributed by atoms with van der Waals surface area (Å²) < 4.78 is 5.29. The lowest BCUT2D eigenvalue weighted by atomic mass is 10.2. The molecule has 0 aromatic heterocycles. The minimum absolute atomic E-state index is 0.0729. The lowest BCUT2D eigenvalue weighted by Crippen LogP contribution is -2.20. The molecule has 0 spiro atoms. The van der Waals surface area contributed by atoms with Crippen LogP contribution in [-0.2, 0) is 4.79 Å². The SMILES string of the molecule is Cc1ccc(OCC(=O)Nc2ccc(N(C)C)cc2)c([N+](=O)[O-])c1. The zero-order chi connectivity index (χ0) is 17.7. The van der Waals surface area contributed by atoms with Gasteiger partial charge in [-0.2, -0.15) is 0 Å². The van der Waals surface area contributed by atoms with E-state index < -0.39 is 4.92 Å². The molecule has 0 saturated heterocycles. The molecule has 0 unspecified atom stereocenters. The van der Waals surface area contributed by atoms with Crippen LogP contribution in [0.4, 0.5) is 17.1 Å². The van der Waals surface area contributed by atoms with Gasteiger partial charge in [0.05, 0.1) is 4.92 Å². The van der Waals surface area contributed by atoms with Crippen LogP contribution in [0.2, 0.25) is 0 Å². The minimum atomic E-state index is -0.528. The predicted molar refractivity (Wildman–Crippen MR) is 92.7 cm³/mol. The maximum absolute atomic E-state index is 11.9. The highest BCUT2D eigenvalue weighted by molar-refractivity contribution is 5.92. The first-order valence-corrected chi connectivity index (χ1v) is 7.32. The molecule has 1 amide bonds. The number of anilines is 2. The fraction of sp³-hybridized carbons (Fsp3) is 0.235. The quantitative estimate of drug-likeness (QED) is 0.650. The van der Waals surface area contributed by atoms with E-state index in [1.54, 1.807) is 25.1 Å². The molecule has 0 fully saturated rings. The molecule has 126 valence electrons. The maximum Gasteiger partial charge on any atom is 0.311 e. The van der Waals surface area contributed by atoms with Gasteiger partial charge in [0.2, 0.25) is 0 Å². The number of nitrogens with one attached hydrogen (secondary N) is 1. The van der Waals surface area contributed by atoms with Crippen LogP contribution in [-0.4, -0.2) is 31.5 Å². The molecule has 0 aliphatic carbocycles. The molecule has 1 N–H and O–H groups in total. The molecule has 0 atom stereocenters. The Hall–Kier alpha value is -3.09. The van der Waals surface area contributed by atoms with Gasteiger partial charge in [-0.25, -0.2) is 0 Å². The van der Waals surface area contributed by atoms with Gasteiger partial charge in [-0.3, -0.25) is 14.9 Å². The summed E-state index contributed by atoms with van der Waals surface area (Å²) in [6.07, 6.45) is 0. The van der Waals surface area contributed by atoms with Crippen LogP contribution in [0.15, 0.2) is 42.5 Å². The third kappa shape index (κ3) is 4.45. The number of aryl methyl sites for hydroxylation is 1. The molecule has 0 bridgehead atoms. The van der Waals surface area contributed by atoms with Crippen LogP contribution in [0.5, 0.6) is 5.75 Å². The molecule has 0 heterocycles. The van der Waals surface area contributed by atoms with Gasteiger partial charge < -0.3 is 15.0 Å². The van der Waals surface area contributed by atoms with E-state index in [-0.39, 0.29) is 24.0 Å². The first kappa shape index (κ1) is 17.3. The summed E-state index contributed by atoms with van der Waals surface area (Å²) >= 11 is 0. The van der Waals surface area contributed by atoms with Crippen LogP contribution in [0.3, 0.4) is 0 Å². The van der Waals surface area contributed by atoms with Crippen LogP contribution in [0, 0.1) is 17.0 Å². The number of hydrogen-bond donors (Lipinski definition) is 1. The third-order valence-electron chi connectivity index (χ3n) is 3.34. The lowest BCUT2D eigenvalue weighted by Gasteiger charge is -2.13. The van der Waals surface area contributed by atoms with E-state index in [0.717, 1.165) is 11.3 Å². The zero-order valence-corrected chi connectivity index (χ0v) is 13.8. The monoisotopic (exact) mass is 329 g/mol. The summed E-state index contributed by atoms with van der Waals surface area (Å²) in [5.74, 6) is -0.314. The molecule has 7 heteroatoms. The largest absolute Gasteiger partial charge is 0.477 e. The zero-order valence-electron chi connectivity index (χ0n) is 13.8. The Morgan fingerprint density at radius 1 is 1.21 bits per heavy atom. The van der Waals surface area contributed by atoms with Gasteiger partial charge >= 0.3 is 5.69 Å². The van der Waals surface area contributed by atoms with Crippen LogP contribution in [0.1, 0.15) is 5.56 Å². The number of hydrogen-bond acceptors (Lipinski definition) is 5. The minimum Gasteiger partial charge on any atom is -0.477 e. The second kappa shape index (κ2) is 7.45. The second-order valence-corrected chi connectivity index (χ2v) is 5.51. The van der Waals surface area contributed by atoms with Crippen molar-refractivity contribution >= 4 is 23.0 Å². The van der Waals surface area contributed by atoms with E-state index >= 15 is 0 Å². The van der Waals surface area contributed by atoms with E-state index in [4.69, 9.17) is 4.74 Å². The van der Waals surface area contributed by atoms with E-state index in [1.165, 1.54) is 12.1 Å². The molecular formula is C17H19N3O4. The number of nitrogens with zero attached hydrogens (tertiary/aromatic N) is 2. The Balaban J connectivity index is 1.97. The molecule has 7 nitrogen and oxygen atoms in total. The number of nitro benzene ring substituents is 1. The average molecular weight is 329 g/mol. The molecule has 2 aromatic rings. The number of carbonyl (C=O) groups is 1. The number of nitro groups is 1. The first-order valence-electron chi connectivity index (χ1n) is 7.32. The molecule has 0 aliphatic heterocycles. The van der Waals surface area contributed by atoms with Crippen LogP contribution >= 0.6 is 0 Å². The molecule has 2 aromatic carbocycles. The summed E-state index contributed by atoms with van der Waals surface area (Å²) in [5, 5.41) is 13.7. The van der Waals surface area contributed by atoms with Crippen molar-refractivity contribution in [2.24, 2.45) is 0 Å². The molecule has 24 heavy (non-hydrogen) atoms. The number of ether oxygens (including phenoxy) is 1. The molecular weight excluding hydrogens is 310 g/mol. The Kier molecular flexibility index (Phi) is 5.36. The number of carbonyl (C=O) groups excluding carboxylic acids is 1. The summed E-state index contributed by atoms with van der Waals surface area (Å²) in [4.78, 5) is 24.4. The maximum atomic E-state index is 11.9. The number of benzene rings is 2. The van der Waals surface area contributed by atoms with Crippen molar-refractivity contribution in [1.29, 1.82) is 0 Å². The predicted octanol–water partition coefficient (Wildman–Crippen LogP) is 2.99. The summed E-state index contributed by atoms with van der Waals surface area (Å²) in [7, 11) is 3.85. The van der Waals surface area contributed by atoms with Crippen molar-refractivity contribution in [3.8, 4) is 5.75 Å². The van der Waals surface area contributed by atoms with Crippen molar-refractivity contribution < 1.29 is 14.5 Å². The Bertz CT molecular complexity index is 742. The Morgan fingerprint density at radius 2 is 1.88 bits per heavy atom. The average Bonchev–Trinajstić information content (AvgIpc) is 2.54. The molecule has 0 saturated carbocycles. The first-order chi connectivity index (χ1) is 11.4. The summed E-state index contributed by atoms with van der Waals surface area (Å²) in [6, 6.07) is 11.9. The molecule has 0 radical (unpaired) electrons. The smallest absolute Gasteiger partial charge is 0.311 e. The van der Waals surface area contributed by atoms with E-state index in [0.29, 0.717) is 5.69 Å². The Labute approximate surface area is 140 Å². The van der Waals surface area contributed by atoms with Crippen LogP contribution in [0.25, 0.3) is 0 Å². The fourth-order valence-corrected chi connectivity index (χ4v) is 2.08. The summed E-state index contributed by atoms with van der Waals surface area (Å²) in [6.45, 7) is 1.44. The standard InChI is InChI=1S/C17H19N3O4/c1-12-4-9-16(15(10-12)20(22)23)24-11-17(21)18-13-5-7-14(8-6-13)19(2)3/h4-10H,11H2,1-3H3,(H,18,21). The Morgan fingerprint density at radius 3 is 2.46 bits per heavy atom. The molecule has 2 rings (SSSR count). The topological polar surface area (TPSA) is 84.7 Å². The van der Waals surface area contributed by atoms with E-state index in [2.05, 4.69) is 5.32 Å². The summed E-state index contributed by atoms with van der Waals surface area (Å²) in [5.41, 5.74) is 2.24. The van der Waals surface area contributed by atoms with Crippen molar-refractivity contribution in [1.82, 2.24) is 0 Å². The van der Waals surface area contributed by atoms with Gasteiger partial charge in [0.25, 0.3) is 5.91 Å². The van der Waals surface area contributed by atoms with Gasteiger partial charge in [-0.15, -0.1) is 0 Å². The van der Waals surface area contributed by atoms with Crippen molar-refractivity contribution in [2.45, 2.75) is 6.92 Å². The number of amides is 1. The van der Waals surface area contributed by atoms with Gasteiger partial charge in [0.1, 0.15) is 0 Å². The van der Waals surface area contributed by atoms with E-state index in [9.17, 15) is 14.9 Å². The van der Waals surface area contributed by atoms with Gasteiger partial charge in [-0.1, -0.05) is 6.07 Å². The fourth-order valence-electron chi connectivity index (χ4n) is 2.08. The highest BCUT2D eigenvalue weighted by Gasteiger charge is 2.16. The van der Waals surface area contributed by atoms with Crippen molar-refractivity contribution in [3.05, 3.63) is 58.1 Å². The number of rotatable bonds is 6. The lowest BCUT2D eigenvalue weighted by molar-refractivity contribution is -0.385. The van der Waals surface area contributed by atoms with E-state index in [1.807, 2.05) is 31.1 Å². The van der Waals surface area contributed by atoms with Crippen molar-refractivity contribution in [3.63, 3.8) is 0 Å². The van der Waals surface area contributed by atoms with Gasteiger partial charge in [-0.05, 0) is 42.8 Å². The normalized spacial score (nSPS) is 10.1. The third-order valence-corrected chi connectivity index (χ3v) is 3.34. The van der Waals surface area contributed by atoms with Crippen molar-refractivity contribution in [2.75, 3.05) is 30.9 Å². The highest BCUT2D eigenvalue weighted by Crippen LogP contribution is 2.27. The van der Waals surface area contributed by atoms with Gasteiger partial charge in [0, 0.05) is 31.5 Å². The molecule has 0 aliphatic rings. The second-order valence-electron chi connectivity index (χ2n) is 5.51. The highest BCUT2D eigenvalue weighted by atomic mass is 16.6. The van der Waals surface area contributed by atoms with Gasteiger partial charge in [0.15, 0.2) is 12.4 Å². The van der Waals surface area contributed by atoms with Crippen LogP contribution < -0.4 is 15.0 Å².